The van der Waals surface area contributed by atoms with Crippen LogP contribution in [0.3, 0.4) is 0 Å². The summed E-state index contributed by atoms with van der Waals surface area (Å²) in [5.41, 5.74) is 0. The predicted octanol–water partition coefficient (Wildman–Crippen LogP) is 1.22. The van der Waals surface area contributed by atoms with Crippen LogP contribution in [-0.4, -0.2) is 54.6 Å². The summed E-state index contributed by atoms with van der Waals surface area (Å²) in [6.07, 6.45) is 3.77. The van der Waals surface area contributed by atoms with Crippen molar-refractivity contribution in [2.45, 2.75) is 18.7 Å². The zero-order chi connectivity index (χ0) is 14.6. The number of anilines is 2. The Bertz CT molecular complexity index is 550. The van der Waals surface area contributed by atoms with E-state index in [1.807, 2.05) is 11.0 Å². The lowest BCUT2D eigenvalue weighted by molar-refractivity contribution is 0.583. The molecule has 0 spiro atoms. The molecular formula is C12H20N4O2S2. The molecule has 1 aromatic rings. The molecule has 0 amide bonds. The lowest BCUT2D eigenvalue weighted by Crippen LogP contribution is -2.47. The second-order valence-electron chi connectivity index (χ2n) is 4.74. The highest BCUT2D eigenvalue weighted by atomic mass is 32.2. The maximum Gasteiger partial charge on any atom is 0.169 e. The lowest BCUT2D eigenvalue weighted by Gasteiger charge is -2.34. The van der Waals surface area contributed by atoms with E-state index in [1.54, 1.807) is 11.8 Å². The topological polar surface area (TPSA) is 75.2 Å². The Morgan fingerprint density at radius 3 is 3.00 bits per heavy atom. The predicted molar refractivity (Wildman–Crippen MR) is 84.1 cm³/mol. The van der Waals surface area contributed by atoms with Crippen LogP contribution in [0.4, 0.5) is 11.6 Å². The molecule has 1 N–H and O–H groups in total. The number of nitrogens with one attached hydrogen (secondary N) is 1. The summed E-state index contributed by atoms with van der Waals surface area (Å²) in [4.78, 5) is 10.3. The van der Waals surface area contributed by atoms with Gasteiger partial charge in [0.2, 0.25) is 0 Å². The van der Waals surface area contributed by atoms with Crippen LogP contribution >= 0.6 is 11.8 Å². The Hall–Kier alpha value is -1.02. The smallest absolute Gasteiger partial charge is 0.169 e. The van der Waals surface area contributed by atoms with Gasteiger partial charge < -0.3 is 10.2 Å². The van der Waals surface area contributed by atoms with Crippen LogP contribution < -0.4 is 10.2 Å². The van der Waals surface area contributed by atoms with E-state index < -0.39 is 15.2 Å². The fourth-order valence-electron chi connectivity index (χ4n) is 2.05. The molecule has 0 bridgehead atoms. The molecule has 1 aliphatic heterocycles. The van der Waals surface area contributed by atoms with Crippen molar-refractivity contribution in [3.8, 4) is 0 Å². The van der Waals surface area contributed by atoms with Crippen molar-refractivity contribution >= 4 is 33.2 Å². The molecule has 1 atom stereocenters. The molecule has 20 heavy (non-hydrogen) atoms. The fourth-order valence-corrected chi connectivity index (χ4v) is 4.88. The van der Waals surface area contributed by atoms with Crippen LogP contribution in [0.25, 0.3) is 0 Å². The van der Waals surface area contributed by atoms with Crippen molar-refractivity contribution < 1.29 is 8.42 Å². The standard InChI is InChI=1S/C12H20N4O2S2/c1-3-4-13-10-7-11(15-9-14-10)16-5-6-19-8-12(16)20(2,17)18/h7,9,12H,3-6,8H2,1-2H3,(H,13,14,15). The Morgan fingerprint density at radius 1 is 1.50 bits per heavy atom. The fraction of sp³-hybridized carbons (Fsp3) is 0.667. The molecule has 2 heterocycles. The molecule has 6 nitrogen and oxygen atoms in total. The van der Waals surface area contributed by atoms with Gasteiger partial charge in [-0.05, 0) is 6.42 Å². The number of nitrogens with zero attached hydrogens (tertiary/aromatic N) is 3. The van der Waals surface area contributed by atoms with E-state index in [0.29, 0.717) is 18.1 Å². The third-order valence-corrected chi connectivity index (χ3v) is 5.73. The lowest BCUT2D eigenvalue weighted by atomic mass is 10.4. The quantitative estimate of drug-likeness (QED) is 0.875. The zero-order valence-electron chi connectivity index (χ0n) is 11.7. The summed E-state index contributed by atoms with van der Waals surface area (Å²) in [6.45, 7) is 3.60. The van der Waals surface area contributed by atoms with Gasteiger partial charge in [0.05, 0.1) is 0 Å². The maximum atomic E-state index is 11.9. The van der Waals surface area contributed by atoms with E-state index in [0.717, 1.165) is 24.5 Å². The SMILES string of the molecule is CCCNc1cc(N2CCSCC2S(C)(=O)=O)ncn1. The molecule has 8 heteroatoms. The highest BCUT2D eigenvalue weighted by molar-refractivity contribution is 8.01. The minimum Gasteiger partial charge on any atom is -0.370 e. The number of hydrogen-bond acceptors (Lipinski definition) is 7. The van der Waals surface area contributed by atoms with Crippen LogP contribution in [0.5, 0.6) is 0 Å². The van der Waals surface area contributed by atoms with E-state index in [2.05, 4.69) is 22.2 Å². The van der Waals surface area contributed by atoms with Gasteiger partial charge in [-0.1, -0.05) is 6.92 Å². The first-order chi connectivity index (χ1) is 9.52. The second kappa shape index (κ2) is 6.62. The van der Waals surface area contributed by atoms with Crippen LogP contribution in [0, 0.1) is 0 Å². The van der Waals surface area contributed by atoms with Gasteiger partial charge in [-0.25, -0.2) is 18.4 Å². The van der Waals surface area contributed by atoms with Crippen LogP contribution in [-0.2, 0) is 9.84 Å². The molecule has 0 saturated carbocycles. The molecule has 2 rings (SSSR count). The van der Waals surface area contributed by atoms with Crippen molar-refractivity contribution in [1.29, 1.82) is 0 Å². The Balaban J connectivity index is 2.24. The zero-order valence-corrected chi connectivity index (χ0v) is 13.4. The second-order valence-corrected chi connectivity index (χ2v) is 8.09. The van der Waals surface area contributed by atoms with Crippen LogP contribution in [0.1, 0.15) is 13.3 Å². The first-order valence-corrected chi connectivity index (χ1v) is 9.72. The van der Waals surface area contributed by atoms with Crippen molar-refractivity contribution in [2.75, 3.05) is 41.1 Å². The number of thioether (sulfide) groups is 1. The molecule has 1 unspecified atom stereocenters. The molecule has 1 fully saturated rings. The van der Waals surface area contributed by atoms with Crippen molar-refractivity contribution in [3.63, 3.8) is 0 Å². The maximum absolute atomic E-state index is 11.9. The minimum absolute atomic E-state index is 0.504. The average Bonchev–Trinajstić information content (AvgIpc) is 2.44. The normalized spacial score (nSPS) is 19.9. The van der Waals surface area contributed by atoms with Gasteiger partial charge in [0.25, 0.3) is 0 Å². The molecule has 0 aliphatic carbocycles. The largest absolute Gasteiger partial charge is 0.370 e. The van der Waals surface area contributed by atoms with Gasteiger partial charge in [0, 0.05) is 36.9 Å². The first kappa shape index (κ1) is 15.4. The first-order valence-electron chi connectivity index (χ1n) is 6.61. The highest BCUT2D eigenvalue weighted by Gasteiger charge is 2.31. The van der Waals surface area contributed by atoms with Crippen LogP contribution in [0.2, 0.25) is 0 Å². The van der Waals surface area contributed by atoms with Gasteiger partial charge in [0.1, 0.15) is 23.3 Å². The molecule has 1 aliphatic rings. The van der Waals surface area contributed by atoms with Gasteiger partial charge >= 0.3 is 0 Å². The van der Waals surface area contributed by atoms with Crippen molar-refractivity contribution in [1.82, 2.24) is 9.97 Å². The number of aromatic nitrogens is 2. The highest BCUT2D eigenvalue weighted by Crippen LogP contribution is 2.26. The van der Waals surface area contributed by atoms with Crippen LogP contribution in [0.15, 0.2) is 12.4 Å². The van der Waals surface area contributed by atoms with Gasteiger partial charge in [-0.15, -0.1) is 0 Å². The summed E-state index contributed by atoms with van der Waals surface area (Å²) in [5, 5.41) is 2.69. The monoisotopic (exact) mass is 316 g/mol. The third-order valence-electron chi connectivity index (χ3n) is 3.08. The van der Waals surface area contributed by atoms with Gasteiger partial charge in [-0.2, -0.15) is 11.8 Å². The van der Waals surface area contributed by atoms with Gasteiger partial charge in [0.15, 0.2) is 9.84 Å². The molecule has 1 saturated heterocycles. The Labute approximate surface area is 124 Å². The summed E-state index contributed by atoms with van der Waals surface area (Å²) in [7, 11) is -3.13. The van der Waals surface area contributed by atoms with Crippen molar-refractivity contribution in [3.05, 3.63) is 12.4 Å². The summed E-state index contributed by atoms with van der Waals surface area (Å²) in [6, 6.07) is 1.82. The van der Waals surface area contributed by atoms with E-state index in [-0.39, 0.29) is 0 Å². The molecular weight excluding hydrogens is 296 g/mol. The van der Waals surface area contributed by atoms with Gasteiger partial charge in [-0.3, -0.25) is 0 Å². The number of sulfone groups is 1. The van der Waals surface area contributed by atoms with E-state index >= 15 is 0 Å². The molecule has 0 aromatic carbocycles. The van der Waals surface area contributed by atoms with E-state index in [4.69, 9.17) is 0 Å². The van der Waals surface area contributed by atoms with Crippen molar-refractivity contribution in [2.24, 2.45) is 0 Å². The number of hydrogen-bond donors (Lipinski definition) is 1. The molecule has 112 valence electrons. The van der Waals surface area contributed by atoms with E-state index in [9.17, 15) is 8.42 Å². The third kappa shape index (κ3) is 3.76. The Morgan fingerprint density at radius 2 is 2.30 bits per heavy atom. The molecule has 0 radical (unpaired) electrons. The summed E-state index contributed by atoms with van der Waals surface area (Å²) < 4.78 is 23.8. The number of rotatable bonds is 5. The Kier molecular flexibility index (Phi) is 5.09. The minimum atomic E-state index is -3.13. The summed E-state index contributed by atoms with van der Waals surface area (Å²) in [5.74, 6) is 2.91. The average molecular weight is 316 g/mol. The van der Waals surface area contributed by atoms with E-state index in [1.165, 1.54) is 12.6 Å². The summed E-state index contributed by atoms with van der Waals surface area (Å²) >= 11 is 1.67. The molecule has 1 aromatic heterocycles.